The van der Waals surface area contributed by atoms with Gasteiger partial charge in [0, 0.05) is 28.4 Å². The number of sulfonamides is 1. The van der Waals surface area contributed by atoms with Gasteiger partial charge in [-0.25, -0.2) is 17.5 Å². The van der Waals surface area contributed by atoms with Gasteiger partial charge in [-0.3, -0.25) is 0 Å². The highest BCUT2D eigenvalue weighted by atomic mass is 32.2. The summed E-state index contributed by atoms with van der Waals surface area (Å²) >= 11 is 1.40. The quantitative estimate of drug-likeness (QED) is 0.462. The molecule has 0 aliphatic rings. The number of nitrogens with one attached hydrogen (secondary N) is 1. The molecule has 0 spiro atoms. The summed E-state index contributed by atoms with van der Waals surface area (Å²) < 4.78 is 44.7. The zero-order chi connectivity index (χ0) is 21.3. The Labute approximate surface area is 178 Å². The minimum Gasteiger partial charge on any atom is -0.314 e. The van der Waals surface area contributed by atoms with Crippen LogP contribution in [0.15, 0.2) is 58.8 Å². The van der Waals surface area contributed by atoms with Crippen molar-refractivity contribution in [2.75, 3.05) is 0 Å². The van der Waals surface area contributed by atoms with Crippen LogP contribution in [0.2, 0.25) is 0 Å². The van der Waals surface area contributed by atoms with Crippen LogP contribution in [0.1, 0.15) is 37.1 Å². The van der Waals surface area contributed by atoms with Crippen molar-refractivity contribution in [2.45, 2.75) is 37.8 Å². The fourth-order valence-corrected chi connectivity index (χ4v) is 6.14. The van der Waals surface area contributed by atoms with Gasteiger partial charge in [0.1, 0.15) is 16.5 Å². The van der Waals surface area contributed by atoms with Gasteiger partial charge in [0.05, 0.1) is 6.04 Å². The molecule has 0 aliphatic carbocycles. The summed E-state index contributed by atoms with van der Waals surface area (Å²) in [6, 6.07) is 13.1. The molecule has 0 fully saturated rings. The van der Waals surface area contributed by atoms with E-state index in [1.165, 1.54) is 23.5 Å². The second-order valence-corrected chi connectivity index (χ2v) is 9.55. The van der Waals surface area contributed by atoms with E-state index in [9.17, 15) is 12.8 Å². The highest BCUT2D eigenvalue weighted by Crippen LogP contribution is 2.30. The zero-order valence-corrected chi connectivity index (χ0v) is 18.2. The maximum Gasteiger partial charge on any atom is 0.242 e. The summed E-state index contributed by atoms with van der Waals surface area (Å²) in [7, 11) is -3.73. The normalized spacial score (nSPS) is 13.0. The first-order valence-electron chi connectivity index (χ1n) is 9.54. The molecular weight excluding hydrogens is 423 g/mol. The Morgan fingerprint density at radius 3 is 2.60 bits per heavy atom. The number of nitrogens with zero attached hydrogens (tertiary/aromatic N) is 3. The Morgan fingerprint density at radius 2 is 1.87 bits per heavy atom. The number of hydrogen-bond acceptors (Lipinski definition) is 5. The van der Waals surface area contributed by atoms with E-state index in [0.29, 0.717) is 30.0 Å². The van der Waals surface area contributed by atoms with Crippen LogP contribution in [0.4, 0.5) is 4.39 Å². The highest BCUT2D eigenvalue weighted by molar-refractivity contribution is 7.90. The second-order valence-electron chi connectivity index (χ2n) is 6.96. The SMILES string of the molecule is CCn1c(Cc2ccc(F)cc2)nnc1[C@@H](C)NS(=O)(=O)c1csc2ccccc12. The summed E-state index contributed by atoms with van der Waals surface area (Å²) in [4.78, 5) is 0.268. The third kappa shape index (κ3) is 4.00. The van der Waals surface area contributed by atoms with E-state index in [4.69, 9.17) is 0 Å². The fourth-order valence-electron chi connectivity index (χ4n) is 3.44. The zero-order valence-electron chi connectivity index (χ0n) is 16.5. The first-order chi connectivity index (χ1) is 14.4. The number of thiophene rings is 1. The van der Waals surface area contributed by atoms with E-state index in [1.54, 1.807) is 30.5 Å². The van der Waals surface area contributed by atoms with E-state index < -0.39 is 16.1 Å². The molecule has 2 aromatic heterocycles. The van der Waals surface area contributed by atoms with E-state index in [-0.39, 0.29) is 10.7 Å². The Bertz CT molecular complexity index is 1280. The number of halogens is 1. The summed E-state index contributed by atoms with van der Waals surface area (Å²) in [6.07, 6.45) is 0.482. The van der Waals surface area contributed by atoms with Crippen LogP contribution < -0.4 is 4.72 Å². The van der Waals surface area contributed by atoms with Crippen molar-refractivity contribution in [3.05, 3.63) is 76.9 Å². The molecule has 4 aromatic rings. The van der Waals surface area contributed by atoms with Crippen LogP contribution in [-0.2, 0) is 23.0 Å². The third-order valence-corrected chi connectivity index (χ3v) is 7.60. The van der Waals surface area contributed by atoms with Crippen LogP contribution >= 0.6 is 11.3 Å². The molecule has 156 valence electrons. The van der Waals surface area contributed by atoms with Crippen molar-refractivity contribution in [1.29, 1.82) is 0 Å². The predicted molar refractivity (Wildman–Crippen MR) is 115 cm³/mol. The Balaban J connectivity index is 1.59. The molecule has 0 aliphatic heterocycles. The van der Waals surface area contributed by atoms with Gasteiger partial charge in [0.15, 0.2) is 5.82 Å². The molecule has 9 heteroatoms. The average molecular weight is 445 g/mol. The smallest absolute Gasteiger partial charge is 0.242 e. The summed E-state index contributed by atoms with van der Waals surface area (Å²) in [5, 5.41) is 10.9. The molecule has 6 nitrogen and oxygen atoms in total. The van der Waals surface area contributed by atoms with Crippen molar-refractivity contribution in [3.8, 4) is 0 Å². The second kappa shape index (κ2) is 8.25. The molecule has 0 saturated carbocycles. The fraction of sp³-hybridized carbons (Fsp3) is 0.238. The molecule has 2 aromatic carbocycles. The average Bonchev–Trinajstić information content (AvgIpc) is 3.33. The van der Waals surface area contributed by atoms with Crippen LogP contribution in [0.25, 0.3) is 10.1 Å². The lowest BCUT2D eigenvalue weighted by molar-refractivity contribution is 0.544. The summed E-state index contributed by atoms with van der Waals surface area (Å²) in [6.45, 7) is 4.30. The maximum atomic E-state index is 13.2. The van der Waals surface area contributed by atoms with E-state index in [0.717, 1.165) is 10.3 Å². The van der Waals surface area contributed by atoms with Gasteiger partial charge < -0.3 is 4.57 Å². The summed E-state index contributed by atoms with van der Waals surface area (Å²) in [5.74, 6) is 0.948. The molecule has 1 atom stereocenters. The van der Waals surface area contributed by atoms with Crippen molar-refractivity contribution in [2.24, 2.45) is 0 Å². The van der Waals surface area contributed by atoms with Crippen LogP contribution in [0.3, 0.4) is 0 Å². The first-order valence-corrected chi connectivity index (χ1v) is 11.9. The molecule has 2 heterocycles. The van der Waals surface area contributed by atoms with Gasteiger partial charge in [-0.1, -0.05) is 30.3 Å². The topological polar surface area (TPSA) is 76.9 Å². The largest absolute Gasteiger partial charge is 0.314 e. The van der Waals surface area contributed by atoms with Crippen LogP contribution in [0.5, 0.6) is 0 Å². The Kier molecular flexibility index (Phi) is 5.68. The predicted octanol–water partition coefficient (Wildman–Crippen LogP) is 4.28. The van der Waals surface area contributed by atoms with Crippen molar-refractivity contribution < 1.29 is 12.8 Å². The molecule has 0 amide bonds. The lowest BCUT2D eigenvalue weighted by Crippen LogP contribution is -2.29. The minimum atomic E-state index is -3.73. The molecule has 1 N–H and O–H groups in total. The van der Waals surface area contributed by atoms with Crippen LogP contribution in [-0.4, -0.2) is 23.2 Å². The molecule has 0 bridgehead atoms. The van der Waals surface area contributed by atoms with E-state index in [1.807, 2.05) is 29.7 Å². The molecule has 30 heavy (non-hydrogen) atoms. The number of aromatic nitrogens is 3. The standard InChI is InChI=1S/C21H21FN4O2S2/c1-3-26-20(12-15-8-10-16(22)11-9-15)23-24-21(26)14(2)25-30(27,28)19-13-29-18-7-5-4-6-17(18)19/h4-11,13-14,25H,3,12H2,1-2H3/t14-/m1/s1. The Morgan fingerprint density at radius 1 is 1.13 bits per heavy atom. The molecule has 0 unspecified atom stereocenters. The third-order valence-electron chi connectivity index (χ3n) is 4.90. The van der Waals surface area contributed by atoms with Crippen molar-refractivity contribution in [3.63, 3.8) is 0 Å². The lowest BCUT2D eigenvalue weighted by Gasteiger charge is -2.15. The van der Waals surface area contributed by atoms with Crippen LogP contribution in [0, 0.1) is 5.82 Å². The first kappa shape index (κ1) is 20.6. The van der Waals surface area contributed by atoms with E-state index >= 15 is 0 Å². The number of benzene rings is 2. The lowest BCUT2D eigenvalue weighted by atomic mass is 10.1. The van der Waals surface area contributed by atoms with E-state index in [2.05, 4.69) is 14.9 Å². The Hall–Kier alpha value is -2.62. The molecule has 0 radical (unpaired) electrons. The van der Waals surface area contributed by atoms with Gasteiger partial charge >= 0.3 is 0 Å². The number of rotatable bonds is 7. The van der Waals surface area contributed by atoms with Crippen molar-refractivity contribution in [1.82, 2.24) is 19.5 Å². The minimum absolute atomic E-state index is 0.268. The summed E-state index contributed by atoms with van der Waals surface area (Å²) in [5.41, 5.74) is 0.906. The van der Waals surface area contributed by atoms with Gasteiger partial charge in [0.25, 0.3) is 0 Å². The number of fused-ring (bicyclic) bond motifs is 1. The molecule has 4 rings (SSSR count). The maximum absolute atomic E-state index is 13.2. The monoisotopic (exact) mass is 444 g/mol. The highest BCUT2D eigenvalue weighted by Gasteiger charge is 2.25. The van der Waals surface area contributed by atoms with Gasteiger partial charge in [-0.05, 0) is 37.6 Å². The van der Waals surface area contributed by atoms with Crippen molar-refractivity contribution >= 4 is 31.4 Å². The van der Waals surface area contributed by atoms with Gasteiger partial charge in [-0.2, -0.15) is 0 Å². The number of hydrogen-bond donors (Lipinski definition) is 1. The molecular formula is C21H21FN4O2S2. The molecule has 0 saturated heterocycles. The van der Waals surface area contributed by atoms with Gasteiger partial charge in [0.2, 0.25) is 10.0 Å². The van der Waals surface area contributed by atoms with Gasteiger partial charge in [-0.15, -0.1) is 21.5 Å².